The van der Waals surface area contributed by atoms with Gasteiger partial charge in [-0.2, -0.15) is 5.09 Å². The number of hydrazine groups is 1. The molecular weight excluding hydrogens is 497 g/mol. The summed E-state index contributed by atoms with van der Waals surface area (Å²) in [5.41, 5.74) is 0.299. The molecule has 6 N–H and O–H groups in total. The smallest absolute Gasteiger partial charge is 0.459 e. The Bertz CT molecular complexity index is 1090. The van der Waals surface area contributed by atoms with Crippen LogP contribution < -0.4 is 20.4 Å². The van der Waals surface area contributed by atoms with Crippen molar-refractivity contribution in [2.75, 3.05) is 13.1 Å². The predicted molar refractivity (Wildman–Crippen MR) is 126 cm³/mol. The molecule has 6 atom stereocenters. The molecule has 15 heteroatoms. The Hall–Kier alpha value is -2.58. The molecule has 0 bridgehead atoms. The van der Waals surface area contributed by atoms with Gasteiger partial charge in [-0.15, -0.1) is 0 Å². The molecule has 2 fully saturated rings. The van der Waals surface area contributed by atoms with Gasteiger partial charge in [0.2, 0.25) is 0 Å². The number of amidine groups is 1. The highest BCUT2D eigenvalue weighted by Gasteiger charge is 2.56. The van der Waals surface area contributed by atoms with E-state index in [1.165, 1.54) is 19.1 Å². The molecule has 0 aromatic heterocycles. The van der Waals surface area contributed by atoms with Crippen molar-refractivity contribution in [1.82, 2.24) is 20.8 Å². The SMILES string of the molecule is [2H]C([2H])(O[P@@](=O)(N[C@@H](C)C(=O)OC(C)C)Oc1ccccc1)[C@H]1O[C@@H](N2NCC(=N)NC2=O)[C@](C)(O)[C@@H]1O. The fraction of sp³-hybridized carbons (Fsp3) is 0.571. The molecule has 2 heterocycles. The van der Waals surface area contributed by atoms with Gasteiger partial charge in [0, 0.05) is 0 Å². The van der Waals surface area contributed by atoms with Crippen LogP contribution in [0.3, 0.4) is 0 Å². The van der Waals surface area contributed by atoms with Gasteiger partial charge in [0.25, 0.3) is 0 Å². The molecule has 2 saturated heterocycles. The van der Waals surface area contributed by atoms with E-state index in [-0.39, 0.29) is 18.1 Å². The Labute approximate surface area is 211 Å². The minimum absolute atomic E-state index is 0.0120. The number of nitrogens with one attached hydrogen (secondary N) is 4. The first-order valence-corrected chi connectivity index (χ1v) is 12.6. The van der Waals surface area contributed by atoms with Crippen LogP contribution in [0.5, 0.6) is 5.75 Å². The van der Waals surface area contributed by atoms with Crippen LogP contribution in [0.4, 0.5) is 4.79 Å². The second-order valence-electron chi connectivity index (χ2n) is 8.64. The molecule has 0 unspecified atom stereocenters. The summed E-state index contributed by atoms with van der Waals surface area (Å²) in [6.45, 7) is 2.39. The lowest BCUT2D eigenvalue weighted by atomic mass is 9.96. The molecule has 2 aliphatic rings. The van der Waals surface area contributed by atoms with Gasteiger partial charge in [0.15, 0.2) is 6.23 Å². The Kier molecular flexibility index (Phi) is 7.82. The third-order valence-corrected chi connectivity index (χ3v) is 6.61. The minimum Gasteiger partial charge on any atom is -0.462 e. The molecule has 200 valence electrons. The molecule has 2 amide bonds. The molecule has 0 radical (unpaired) electrons. The van der Waals surface area contributed by atoms with E-state index in [2.05, 4.69) is 15.8 Å². The number of amides is 2. The lowest BCUT2D eigenvalue weighted by Crippen LogP contribution is -2.66. The number of carbonyl (C=O) groups is 2. The summed E-state index contributed by atoms with van der Waals surface area (Å²) in [7, 11) is -4.74. The average Bonchev–Trinajstić information content (AvgIpc) is 3.03. The fourth-order valence-corrected chi connectivity index (χ4v) is 4.68. The molecule has 3 rings (SSSR count). The topological polar surface area (TPSA) is 192 Å². The van der Waals surface area contributed by atoms with Gasteiger partial charge in [0.1, 0.15) is 35.4 Å². The normalized spacial score (nSPS) is 30.2. The third kappa shape index (κ3) is 6.59. The number of benzene rings is 1. The van der Waals surface area contributed by atoms with Crippen molar-refractivity contribution in [2.24, 2.45) is 0 Å². The van der Waals surface area contributed by atoms with E-state index in [1.54, 1.807) is 32.0 Å². The lowest BCUT2D eigenvalue weighted by Gasteiger charge is -2.37. The van der Waals surface area contributed by atoms with Crippen LogP contribution in [0.25, 0.3) is 0 Å². The Morgan fingerprint density at radius 2 is 2.08 bits per heavy atom. The maximum absolute atomic E-state index is 13.8. The lowest BCUT2D eigenvalue weighted by molar-refractivity contribution is -0.149. The maximum Gasteiger partial charge on any atom is 0.459 e. The molecule has 0 aliphatic carbocycles. The highest BCUT2D eigenvalue weighted by molar-refractivity contribution is 7.52. The zero-order chi connectivity index (χ0) is 28.5. The van der Waals surface area contributed by atoms with Gasteiger partial charge in [-0.3, -0.25) is 20.0 Å². The first-order valence-electron chi connectivity index (χ1n) is 12.1. The maximum atomic E-state index is 13.8. The van der Waals surface area contributed by atoms with Crippen molar-refractivity contribution in [2.45, 2.75) is 63.9 Å². The number of hydrogen-bond donors (Lipinski definition) is 6. The summed E-state index contributed by atoms with van der Waals surface area (Å²) >= 11 is 0. The van der Waals surface area contributed by atoms with Crippen LogP contribution in [0, 0.1) is 5.41 Å². The van der Waals surface area contributed by atoms with Gasteiger partial charge in [-0.25, -0.2) is 19.8 Å². The van der Waals surface area contributed by atoms with E-state index in [4.69, 9.17) is 26.7 Å². The predicted octanol–water partition coefficient (Wildman–Crippen LogP) is 0.464. The fourth-order valence-electron chi connectivity index (χ4n) is 3.31. The van der Waals surface area contributed by atoms with Crippen LogP contribution in [-0.2, 0) is 23.4 Å². The highest BCUT2D eigenvalue weighted by atomic mass is 31.2. The Morgan fingerprint density at radius 1 is 1.42 bits per heavy atom. The second-order valence-corrected chi connectivity index (χ2v) is 10.3. The summed E-state index contributed by atoms with van der Waals surface area (Å²) in [6, 6.07) is 5.46. The highest BCUT2D eigenvalue weighted by Crippen LogP contribution is 2.46. The summed E-state index contributed by atoms with van der Waals surface area (Å²) in [5, 5.41) is 34.6. The zero-order valence-corrected chi connectivity index (χ0v) is 21.0. The molecule has 2 aliphatic heterocycles. The van der Waals surface area contributed by atoms with Gasteiger partial charge >= 0.3 is 19.7 Å². The average molecular weight is 531 g/mol. The van der Waals surface area contributed by atoms with Crippen molar-refractivity contribution in [3.63, 3.8) is 0 Å². The van der Waals surface area contributed by atoms with Gasteiger partial charge in [-0.05, 0) is 39.8 Å². The van der Waals surface area contributed by atoms with E-state index in [9.17, 15) is 24.4 Å². The van der Waals surface area contributed by atoms with Gasteiger partial charge in [0.05, 0.1) is 21.9 Å². The molecule has 14 nitrogen and oxygen atoms in total. The number of hydrogen-bond acceptors (Lipinski definition) is 11. The van der Waals surface area contributed by atoms with Crippen LogP contribution in [0.15, 0.2) is 30.3 Å². The van der Waals surface area contributed by atoms with Gasteiger partial charge < -0.3 is 24.2 Å². The number of aliphatic hydroxyl groups excluding tert-OH is 1. The number of esters is 1. The summed E-state index contributed by atoms with van der Waals surface area (Å²) in [6.07, 6.45) is -6.12. The number of carbonyl (C=O) groups excluding carboxylic acids is 2. The van der Waals surface area contributed by atoms with Crippen LogP contribution in [-0.4, -0.2) is 82.3 Å². The summed E-state index contributed by atoms with van der Waals surface area (Å²) in [5.74, 6) is -0.957. The van der Waals surface area contributed by atoms with Crippen molar-refractivity contribution in [3.05, 3.63) is 30.3 Å². The monoisotopic (exact) mass is 531 g/mol. The van der Waals surface area contributed by atoms with E-state index in [0.29, 0.717) is 0 Å². The number of para-hydroxylation sites is 1. The molecule has 36 heavy (non-hydrogen) atoms. The Morgan fingerprint density at radius 3 is 2.69 bits per heavy atom. The van der Waals surface area contributed by atoms with Crippen LogP contribution in [0.2, 0.25) is 0 Å². The van der Waals surface area contributed by atoms with E-state index >= 15 is 0 Å². The molecule has 1 aromatic carbocycles. The minimum atomic E-state index is -4.74. The molecule has 0 saturated carbocycles. The quantitative estimate of drug-likeness (QED) is 0.182. The van der Waals surface area contributed by atoms with Crippen molar-refractivity contribution >= 4 is 25.6 Å². The van der Waals surface area contributed by atoms with Crippen LogP contribution in [0.1, 0.15) is 30.4 Å². The van der Waals surface area contributed by atoms with Crippen molar-refractivity contribution < 1.29 is 45.6 Å². The summed E-state index contributed by atoms with van der Waals surface area (Å²) in [4.78, 5) is 24.7. The first kappa shape index (κ1) is 25.1. The molecule has 1 aromatic rings. The largest absolute Gasteiger partial charge is 0.462 e. The van der Waals surface area contributed by atoms with E-state index in [0.717, 1.165) is 11.9 Å². The van der Waals surface area contributed by atoms with Crippen LogP contribution >= 0.6 is 7.75 Å². The number of aliphatic hydroxyl groups is 2. The van der Waals surface area contributed by atoms with E-state index in [1.807, 2.05) is 0 Å². The third-order valence-electron chi connectivity index (χ3n) is 5.11. The molecule has 0 spiro atoms. The first-order chi connectivity index (χ1) is 17.6. The standard InChI is InChI=1S/C21H32N5O9P/c1-12(2)33-18(28)13(3)25-36(31,35-14-8-6-5-7-9-14)32-11-15-17(27)21(4,30)19(34-15)26-20(29)24-16(22)10-23-26/h5-9,12-13,15,17,19,23,27,30H,10-11H2,1-4H3,(H,25,31)(H2,22,24,29)/t13-,15+,17+,19+,21+,36-/m0/s1/i11D2. The number of rotatable bonds is 10. The number of nitrogens with zero attached hydrogens (tertiary/aromatic N) is 1. The zero-order valence-electron chi connectivity index (χ0n) is 22.1. The second kappa shape index (κ2) is 11.2. The molecular formula is C21H32N5O9P. The van der Waals surface area contributed by atoms with E-state index < -0.39 is 62.5 Å². The Balaban J connectivity index is 1.87. The van der Waals surface area contributed by atoms with Gasteiger partial charge in [-0.1, -0.05) is 18.2 Å². The van der Waals surface area contributed by atoms with Crippen molar-refractivity contribution in [3.8, 4) is 5.75 Å². The summed E-state index contributed by atoms with van der Waals surface area (Å²) < 4.78 is 52.1. The number of urea groups is 1. The number of ether oxygens (including phenoxy) is 2. The van der Waals surface area contributed by atoms with Crippen molar-refractivity contribution in [1.29, 1.82) is 5.41 Å².